The zero-order valence-electron chi connectivity index (χ0n) is 8.35. The van der Waals surface area contributed by atoms with E-state index in [2.05, 4.69) is 4.31 Å². The maximum atomic E-state index is 11.8. The van der Waals surface area contributed by atoms with Crippen molar-refractivity contribution in [3.05, 3.63) is 0 Å². The normalized spacial score (nSPS) is 26.6. The van der Waals surface area contributed by atoms with E-state index in [1.807, 2.05) is 6.26 Å². The SMILES string of the molecule is CSN1CCN(S(=O)(=O)C2CC2)CC1. The van der Waals surface area contributed by atoms with Crippen molar-refractivity contribution in [2.24, 2.45) is 0 Å². The van der Waals surface area contributed by atoms with Crippen LogP contribution in [0.5, 0.6) is 0 Å². The quantitative estimate of drug-likeness (QED) is 0.664. The highest BCUT2D eigenvalue weighted by Gasteiger charge is 2.40. The summed E-state index contributed by atoms with van der Waals surface area (Å²) >= 11 is 1.69. The molecule has 1 heterocycles. The molecule has 0 aromatic heterocycles. The molecule has 2 fully saturated rings. The van der Waals surface area contributed by atoms with E-state index in [9.17, 15) is 8.42 Å². The zero-order valence-corrected chi connectivity index (χ0v) is 9.98. The minimum absolute atomic E-state index is 0.0525. The van der Waals surface area contributed by atoms with Crippen LogP contribution in [0.4, 0.5) is 0 Å². The van der Waals surface area contributed by atoms with E-state index in [-0.39, 0.29) is 5.25 Å². The molecule has 0 atom stereocenters. The van der Waals surface area contributed by atoms with Crippen LogP contribution < -0.4 is 0 Å². The monoisotopic (exact) mass is 236 g/mol. The molecule has 0 N–H and O–H groups in total. The highest BCUT2D eigenvalue weighted by molar-refractivity contribution is 7.96. The minimum Gasteiger partial charge on any atom is -0.248 e. The molecule has 0 bridgehead atoms. The van der Waals surface area contributed by atoms with E-state index < -0.39 is 10.0 Å². The Labute approximate surface area is 89.8 Å². The molecule has 2 rings (SSSR count). The van der Waals surface area contributed by atoms with Crippen LogP contribution in [0.2, 0.25) is 0 Å². The molecule has 1 aliphatic heterocycles. The van der Waals surface area contributed by atoms with Gasteiger partial charge in [0.15, 0.2) is 0 Å². The van der Waals surface area contributed by atoms with Gasteiger partial charge in [0.2, 0.25) is 10.0 Å². The first-order valence-corrected chi connectivity index (χ1v) is 7.61. The second-order valence-electron chi connectivity index (χ2n) is 3.75. The van der Waals surface area contributed by atoms with Gasteiger partial charge in [-0.05, 0) is 19.1 Å². The Morgan fingerprint density at radius 3 is 2.14 bits per heavy atom. The number of rotatable bonds is 3. The lowest BCUT2D eigenvalue weighted by Gasteiger charge is -2.32. The summed E-state index contributed by atoms with van der Waals surface area (Å²) < 4.78 is 27.6. The third-order valence-electron chi connectivity index (χ3n) is 2.76. The van der Waals surface area contributed by atoms with E-state index in [4.69, 9.17) is 0 Å². The molecule has 0 aromatic rings. The van der Waals surface area contributed by atoms with Gasteiger partial charge >= 0.3 is 0 Å². The fourth-order valence-corrected chi connectivity index (χ4v) is 4.04. The van der Waals surface area contributed by atoms with Crippen LogP contribution in [-0.4, -0.2) is 54.7 Å². The van der Waals surface area contributed by atoms with Gasteiger partial charge in [-0.2, -0.15) is 4.31 Å². The van der Waals surface area contributed by atoms with Crippen LogP contribution in [0.1, 0.15) is 12.8 Å². The molecule has 82 valence electrons. The Kier molecular flexibility index (Phi) is 3.06. The smallest absolute Gasteiger partial charge is 0.217 e. The fraction of sp³-hybridized carbons (Fsp3) is 1.00. The summed E-state index contributed by atoms with van der Waals surface area (Å²) in [6.45, 7) is 3.04. The van der Waals surface area contributed by atoms with Gasteiger partial charge < -0.3 is 0 Å². The maximum absolute atomic E-state index is 11.8. The van der Waals surface area contributed by atoms with E-state index in [0.717, 1.165) is 25.9 Å². The standard InChI is InChI=1S/C8H16N2O2S2/c1-13-9-4-6-10(7-5-9)14(11,12)8-2-3-8/h8H,2-7H2,1H3. The van der Waals surface area contributed by atoms with E-state index >= 15 is 0 Å². The lowest BCUT2D eigenvalue weighted by molar-refractivity contribution is 0.289. The van der Waals surface area contributed by atoms with Crippen LogP contribution in [0, 0.1) is 0 Å². The van der Waals surface area contributed by atoms with Crippen LogP contribution in [0.15, 0.2) is 0 Å². The van der Waals surface area contributed by atoms with Crippen molar-refractivity contribution in [3.63, 3.8) is 0 Å². The first-order chi connectivity index (χ1) is 6.64. The Morgan fingerprint density at radius 1 is 1.14 bits per heavy atom. The molecular formula is C8H16N2O2S2. The van der Waals surface area contributed by atoms with Crippen molar-refractivity contribution in [3.8, 4) is 0 Å². The number of nitrogens with zero attached hydrogens (tertiary/aromatic N) is 2. The molecule has 0 unspecified atom stereocenters. The van der Waals surface area contributed by atoms with Crippen molar-refractivity contribution in [1.82, 2.24) is 8.61 Å². The first kappa shape index (κ1) is 10.7. The molecule has 4 nitrogen and oxygen atoms in total. The summed E-state index contributed by atoms with van der Waals surface area (Å²) in [5, 5.41) is -0.0525. The average molecular weight is 236 g/mol. The average Bonchev–Trinajstić information content (AvgIpc) is 3.01. The number of hydrogen-bond acceptors (Lipinski definition) is 4. The summed E-state index contributed by atoms with van der Waals surface area (Å²) in [6, 6.07) is 0. The van der Waals surface area contributed by atoms with Crippen LogP contribution >= 0.6 is 11.9 Å². The van der Waals surface area contributed by atoms with Crippen molar-refractivity contribution in [1.29, 1.82) is 0 Å². The second-order valence-corrected chi connectivity index (χ2v) is 6.85. The van der Waals surface area contributed by atoms with Gasteiger partial charge in [-0.15, -0.1) is 0 Å². The van der Waals surface area contributed by atoms with Crippen molar-refractivity contribution < 1.29 is 8.42 Å². The number of sulfonamides is 1. The van der Waals surface area contributed by atoms with Gasteiger partial charge in [-0.3, -0.25) is 0 Å². The molecule has 6 heteroatoms. The van der Waals surface area contributed by atoms with Crippen molar-refractivity contribution in [2.75, 3.05) is 32.4 Å². The largest absolute Gasteiger partial charge is 0.248 e. The molecule has 0 radical (unpaired) electrons. The molecule has 14 heavy (non-hydrogen) atoms. The van der Waals surface area contributed by atoms with Gasteiger partial charge in [-0.25, -0.2) is 12.7 Å². The molecule has 0 aromatic carbocycles. The maximum Gasteiger partial charge on any atom is 0.217 e. The third kappa shape index (κ3) is 2.08. The van der Waals surface area contributed by atoms with E-state index in [1.54, 1.807) is 16.3 Å². The Hall–Kier alpha value is 0.220. The molecule has 1 saturated heterocycles. The zero-order chi connectivity index (χ0) is 10.2. The van der Waals surface area contributed by atoms with Gasteiger partial charge in [0.1, 0.15) is 0 Å². The summed E-state index contributed by atoms with van der Waals surface area (Å²) in [7, 11) is -2.92. The van der Waals surface area contributed by atoms with Gasteiger partial charge in [-0.1, -0.05) is 11.9 Å². The lowest BCUT2D eigenvalue weighted by atomic mass is 10.4. The van der Waals surface area contributed by atoms with Crippen molar-refractivity contribution >= 4 is 22.0 Å². The van der Waals surface area contributed by atoms with Crippen LogP contribution in [0.25, 0.3) is 0 Å². The Bertz CT molecular complexity index is 292. The van der Waals surface area contributed by atoms with Crippen LogP contribution in [0.3, 0.4) is 0 Å². The van der Waals surface area contributed by atoms with Crippen LogP contribution in [-0.2, 0) is 10.0 Å². The second kappa shape index (κ2) is 4.00. The predicted molar refractivity (Wildman–Crippen MR) is 58.6 cm³/mol. The summed E-state index contributed by atoms with van der Waals surface area (Å²) in [6.07, 6.45) is 3.77. The summed E-state index contributed by atoms with van der Waals surface area (Å²) in [5.74, 6) is 0. The number of hydrogen-bond donors (Lipinski definition) is 0. The molecule has 1 saturated carbocycles. The molecule has 0 spiro atoms. The highest BCUT2D eigenvalue weighted by atomic mass is 32.2. The molecule has 0 amide bonds. The molecular weight excluding hydrogens is 220 g/mol. The van der Waals surface area contributed by atoms with Gasteiger partial charge in [0.25, 0.3) is 0 Å². The van der Waals surface area contributed by atoms with E-state index in [0.29, 0.717) is 13.1 Å². The van der Waals surface area contributed by atoms with Gasteiger partial charge in [0, 0.05) is 26.2 Å². The highest BCUT2D eigenvalue weighted by Crippen LogP contribution is 2.31. The Balaban J connectivity index is 1.94. The van der Waals surface area contributed by atoms with Crippen molar-refractivity contribution in [2.45, 2.75) is 18.1 Å². The topological polar surface area (TPSA) is 40.6 Å². The third-order valence-corrected chi connectivity index (χ3v) is 6.04. The van der Waals surface area contributed by atoms with Gasteiger partial charge in [0.05, 0.1) is 5.25 Å². The van der Waals surface area contributed by atoms with E-state index in [1.165, 1.54) is 0 Å². The fourth-order valence-electron chi connectivity index (χ4n) is 1.68. The predicted octanol–water partition coefficient (Wildman–Crippen LogP) is 0.374. The molecule has 1 aliphatic carbocycles. The molecule has 2 aliphatic rings. The summed E-state index contributed by atoms with van der Waals surface area (Å²) in [5.41, 5.74) is 0. The Morgan fingerprint density at radius 2 is 1.71 bits per heavy atom. The summed E-state index contributed by atoms with van der Waals surface area (Å²) in [4.78, 5) is 0. The minimum atomic E-state index is -2.92. The lowest BCUT2D eigenvalue weighted by Crippen LogP contribution is -2.47. The first-order valence-electron chi connectivity index (χ1n) is 4.92. The number of piperazine rings is 1.